The standard InChI is InChI=1S/C7H8N2O2S/c10-4-6-8-7(9-11-6)5-2-1-3-12-5/h4-5H,1-3H2. The summed E-state index contributed by atoms with van der Waals surface area (Å²) in [6.07, 6.45) is 2.86. The molecule has 2 rings (SSSR count). The van der Waals surface area contributed by atoms with Gasteiger partial charge in [-0.05, 0) is 18.6 Å². The Labute approximate surface area is 73.7 Å². The van der Waals surface area contributed by atoms with Gasteiger partial charge in [0, 0.05) is 0 Å². The molecule has 1 unspecified atom stereocenters. The largest absolute Gasteiger partial charge is 0.331 e. The highest BCUT2D eigenvalue weighted by Gasteiger charge is 2.22. The molecule has 0 N–H and O–H groups in total. The molecule has 0 aliphatic carbocycles. The molecule has 1 aliphatic heterocycles. The third-order valence-corrected chi connectivity index (χ3v) is 3.15. The van der Waals surface area contributed by atoms with E-state index in [0.29, 0.717) is 17.4 Å². The van der Waals surface area contributed by atoms with Gasteiger partial charge in [0.1, 0.15) is 0 Å². The first kappa shape index (κ1) is 7.79. The highest BCUT2D eigenvalue weighted by Crippen LogP contribution is 2.37. The number of thioether (sulfide) groups is 1. The Morgan fingerprint density at radius 2 is 2.58 bits per heavy atom. The minimum absolute atomic E-state index is 0.0810. The molecule has 0 amide bonds. The van der Waals surface area contributed by atoms with Crippen LogP contribution in [0.2, 0.25) is 0 Å². The molecule has 0 bridgehead atoms. The van der Waals surface area contributed by atoms with E-state index < -0.39 is 0 Å². The van der Waals surface area contributed by atoms with Crippen molar-refractivity contribution < 1.29 is 9.32 Å². The fourth-order valence-corrected chi connectivity index (χ4v) is 2.40. The van der Waals surface area contributed by atoms with E-state index >= 15 is 0 Å². The Hall–Kier alpha value is -0.840. The van der Waals surface area contributed by atoms with Gasteiger partial charge in [-0.25, -0.2) is 0 Å². The second-order valence-corrected chi connectivity index (χ2v) is 3.92. The molecule has 1 saturated heterocycles. The predicted molar refractivity (Wildman–Crippen MR) is 44.1 cm³/mol. The fraction of sp³-hybridized carbons (Fsp3) is 0.571. The van der Waals surface area contributed by atoms with E-state index in [0.717, 1.165) is 12.2 Å². The summed E-state index contributed by atoms with van der Waals surface area (Å²) in [6, 6.07) is 0. The maximum Gasteiger partial charge on any atom is 0.290 e. The van der Waals surface area contributed by atoms with Crippen LogP contribution in [-0.2, 0) is 0 Å². The molecule has 0 saturated carbocycles. The van der Waals surface area contributed by atoms with Gasteiger partial charge in [0.2, 0.25) is 6.29 Å². The Kier molecular flexibility index (Phi) is 2.12. The highest BCUT2D eigenvalue weighted by molar-refractivity contribution is 7.99. The Bertz CT molecular complexity index is 281. The van der Waals surface area contributed by atoms with Crippen LogP contribution in [0.5, 0.6) is 0 Å². The van der Waals surface area contributed by atoms with Crippen LogP contribution in [0.1, 0.15) is 34.6 Å². The molecule has 0 radical (unpaired) electrons. The van der Waals surface area contributed by atoms with Gasteiger partial charge >= 0.3 is 0 Å². The molecule has 4 nitrogen and oxygen atoms in total. The maximum absolute atomic E-state index is 10.2. The summed E-state index contributed by atoms with van der Waals surface area (Å²) in [5.41, 5.74) is 0. The molecular formula is C7H8N2O2S. The summed E-state index contributed by atoms with van der Waals surface area (Å²) >= 11 is 1.82. The number of hydrogen-bond donors (Lipinski definition) is 0. The second kappa shape index (κ2) is 3.26. The van der Waals surface area contributed by atoms with Gasteiger partial charge in [0.05, 0.1) is 5.25 Å². The molecule has 1 aromatic heterocycles. The lowest BCUT2D eigenvalue weighted by atomic mass is 10.2. The van der Waals surface area contributed by atoms with E-state index in [1.54, 1.807) is 0 Å². The number of carbonyl (C=O) groups is 1. The summed E-state index contributed by atoms with van der Waals surface area (Å²) in [7, 11) is 0. The van der Waals surface area contributed by atoms with E-state index in [4.69, 9.17) is 0 Å². The molecule has 5 heteroatoms. The lowest BCUT2D eigenvalue weighted by molar-refractivity contribution is 0.108. The van der Waals surface area contributed by atoms with E-state index in [-0.39, 0.29) is 5.89 Å². The lowest BCUT2D eigenvalue weighted by Gasteiger charge is -1.98. The van der Waals surface area contributed by atoms with Crippen molar-refractivity contribution in [3.63, 3.8) is 0 Å². The summed E-state index contributed by atoms with van der Waals surface area (Å²) in [6.45, 7) is 0. The summed E-state index contributed by atoms with van der Waals surface area (Å²) < 4.78 is 4.68. The molecule has 12 heavy (non-hydrogen) atoms. The average Bonchev–Trinajstić information content (AvgIpc) is 2.75. The first-order valence-corrected chi connectivity index (χ1v) is 4.85. The van der Waals surface area contributed by atoms with Gasteiger partial charge in [0.25, 0.3) is 5.89 Å². The Morgan fingerprint density at radius 1 is 1.67 bits per heavy atom. The third kappa shape index (κ3) is 1.36. The van der Waals surface area contributed by atoms with Crippen LogP contribution < -0.4 is 0 Å². The van der Waals surface area contributed by atoms with Crippen LogP contribution in [0.4, 0.5) is 0 Å². The van der Waals surface area contributed by atoms with Crippen molar-refractivity contribution in [1.29, 1.82) is 0 Å². The van der Waals surface area contributed by atoms with Crippen LogP contribution in [-0.4, -0.2) is 22.2 Å². The normalized spacial score (nSPS) is 22.8. The summed E-state index contributed by atoms with van der Waals surface area (Å²) in [4.78, 5) is 14.2. The minimum atomic E-state index is 0.0810. The number of carbonyl (C=O) groups excluding carboxylic acids is 1. The zero-order valence-corrected chi connectivity index (χ0v) is 7.21. The van der Waals surface area contributed by atoms with Gasteiger partial charge in [-0.3, -0.25) is 4.79 Å². The number of rotatable bonds is 2. The smallest absolute Gasteiger partial charge is 0.290 e. The van der Waals surface area contributed by atoms with E-state index in [2.05, 4.69) is 14.7 Å². The quantitative estimate of drug-likeness (QED) is 0.651. The molecule has 1 aliphatic rings. The maximum atomic E-state index is 10.2. The molecule has 0 spiro atoms. The molecule has 1 atom stereocenters. The number of aromatic nitrogens is 2. The first-order chi connectivity index (χ1) is 5.90. The third-order valence-electron chi connectivity index (χ3n) is 1.78. The predicted octanol–water partition coefficient (Wildman–Crippen LogP) is 1.45. The Balaban J connectivity index is 2.16. The first-order valence-electron chi connectivity index (χ1n) is 3.80. The number of hydrogen-bond acceptors (Lipinski definition) is 5. The topological polar surface area (TPSA) is 56.0 Å². The van der Waals surface area contributed by atoms with Gasteiger partial charge in [-0.15, -0.1) is 0 Å². The summed E-state index contributed by atoms with van der Waals surface area (Å²) in [5, 5.41) is 4.07. The lowest BCUT2D eigenvalue weighted by Crippen LogP contribution is -1.91. The van der Waals surface area contributed by atoms with Crippen LogP contribution >= 0.6 is 11.8 Å². The van der Waals surface area contributed by atoms with Crippen molar-refractivity contribution in [3.05, 3.63) is 11.7 Å². The van der Waals surface area contributed by atoms with Crippen LogP contribution in [0.3, 0.4) is 0 Å². The molecule has 2 heterocycles. The molecular weight excluding hydrogens is 176 g/mol. The van der Waals surface area contributed by atoms with Crippen molar-refractivity contribution in [2.75, 3.05) is 5.75 Å². The van der Waals surface area contributed by atoms with Crippen molar-refractivity contribution in [3.8, 4) is 0 Å². The van der Waals surface area contributed by atoms with Crippen molar-refractivity contribution >= 4 is 18.0 Å². The molecule has 0 aromatic carbocycles. The van der Waals surface area contributed by atoms with E-state index in [1.165, 1.54) is 6.42 Å². The van der Waals surface area contributed by atoms with E-state index in [9.17, 15) is 4.79 Å². The monoisotopic (exact) mass is 184 g/mol. The van der Waals surface area contributed by atoms with Crippen molar-refractivity contribution in [2.45, 2.75) is 18.1 Å². The fourth-order valence-electron chi connectivity index (χ4n) is 1.21. The Morgan fingerprint density at radius 3 is 3.17 bits per heavy atom. The molecule has 1 aromatic rings. The minimum Gasteiger partial charge on any atom is -0.331 e. The highest BCUT2D eigenvalue weighted by atomic mass is 32.2. The van der Waals surface area contributed by atoms with Crippen molar-refractivity contribution in [1.82, 2.24) is 10.1 Å². The second-order valence-electron chi connectivity index (χ2n) is 2.61. The number of aldehydes is 1. The SMILES string of the molecule is O=Cc1nc(C2CCCS2)no1. The van der Waals surface area contributed by atoms with Crippen LogP contribution in [0.25, 0.3) is 0 Å². The van der Waals surface area contributed by atoms with Crippen LogP contribution in [0, 0.1) is 0 Å². The van der Waals surface area contributed by atoms with Crippen LogP contribution in [0.15, 0.2) is 4.52 Å². The van der Waals surface area contributed by atoms with Gasteiger partial charge in [-0.2, -0.15) is 16.7 Å². The van der Waals surface area contributed by atoms with Crippen molar-refractivity contribution in [2.24, 2.45) is 0 Å². The zero-order valence-electron chi connectivity index (χ0n) is 6.40. The van der Waals surface area contributed by atoms with Gasteiger partial charge in [0.15, 0.2) is 5.82 Å². The number of nitrogens with zero attached hydrogens (tertiary/aromatic N) is 2. The molecule has 64 valence electrons. The average molecular weight is 184 g/mol. The molecule has 1 fully saturated rings. The van der Waals surface area contributed by atoms with E-state index in [1.807, 2.05) is 11.8 Å². The van der Waals surface area contributed by atoms with Gasteiger partial charge < -0.3 is 4.52 Å². The summed E-state index contributed by atoms with van der Waals surface area (Å²) in [5.74, 6) is 1.90. The van der Waals surface area contributed by atoms with Gasteiger partial charge in [-0.1, -0.05) is 5.16 Å². The zero-order chi connectivity index (χ0) is 8.39.